The molecule has 0 saturated carbocycles. The molecular formula is C18H16F2N2O2. The number of benzene rings is 2. The highest BCUT2D eigenvalue weighted by molar-refractivity contribution is 5.97. The third kappa shape index (κ3) is 3.27. The molecule has 4 nitrogen and oxygen atoms in total. The number of carbonyl (C=O) groups excluding carboxylic acids is 2. The first kappa shape index (κ1) is 16.1. The Morgan fingerprint density at radius 3 is 2.67 bits per heavy atom. The van der Waals surface area contributed by atoms with Gasteiger partial charge in [-0.2, -0.15) is 0 Å². The van der Waals surface area contributed by atoms with Crippen molar-refractivity contribution in [1.82, 2.24) is 5.32 Å². The van der Waals surface area contributed by atoms with Crippen molar-refractivity contribution >= 4 is 17.5 Å². The van der Waals surface area contributed by atoms with Crippen molar-refractivity contribution in [3.8, 4) is 0 Å². The minimum absolute atomic E-state index is 0.0481. The Morgan fingerprint density at radius 1 is 1.12 bits per heavy atom. The predicted molar refractivity (Wildman–Crippen MR) is 85.6 cm³/mol. The number of hydrogen-bond donors (Lipinski definition) is 2. The van der Waals surface area contributed by atoms with E-state index in [2.05, 4.69) is 10.6 Å². The molecule has 2 aromatic carbocycles. The number of aryl methyl sites for hydroxylation is 1. The zero-order valence-electron chi connectivity index (χ0n) is 13.0. The van der Waals surface area contributed by atoms with E-state index in [1.54, 1.807) is 6.07 Å². The van der Waals surface area contributed by atoms with Gasteiger partial charge in [0.15, 0.2) is 0 Å². The molecule has 24 heavy (non-hydrogen) atoms. The van der Waals surface area contributed by atoms with E-state index in [4.69, 9.17) is 0 Å². The van der Waals surface area contributed by atoms with E-state index in [1.807, 2.05) is 0 Å². The maximum absolute atomic E-state index is 13.7. The molecule has 0 aliphatic heterocycles. The summed E-state index contributed by atoms with van der Waals surface area (Å²) in [4.78, 5) is 23.5. The molecule has 2 amide bonds. The third-order valence-corrected chi connectivity index (χ3v) is 4.03. The highest BCUT2D eigenvalue weighted by Crippen LogP contribution is 2.32. The fraction of sp³-hybridized carbons (Fsp3) is 0.222. The lowest BCUT2D eigenvalue weighted by molar-refractivity contribution is -0.114. The van der Waals surface area contributed by atoms with Gasteiger partial charge in [0.2, 0.25) is 5.91 Å². The van der Waals surface area contributed by atoms with E-state index in [-0.39, 0.29) is 23.1 Å². The van der Waals surface area contributed by atoms with Gasteiger partial charge in [-0.1, -0.05) is 6.07 Å². The van der Waals surface area contributed by atoms with Crippen LogP contribution in [-0.4, -0.2) is 11.8 Å². The molecular weight excluding hydrogens is 314 g/mol. The first-order chi connectivity index (χ1) is 11.4. The van der Waals surface area contributed by atoms with Crippen molar-refractivity contribution in [3.05, 3.63) is 64.7 Å². The van der Waals surface area contributed by atoms with Crippen LogP contribution in [0.1, 0.15) is 40.9 Å². The van der Waals surface area contributed by atoms with E-state index in [1.165, 1.54) is 31.2 Å². The van der Waals surface area contributed by atoms with Gasteiger partial charge in [-0.25, -0.2) is 8.78 Å². The maximum Gasteiger partial charge on any atom is 0.251 e. The van der Waals surface area contributed by atoms with E-state index >= 15 is 0 Å². The molecule has 0 bridgehead atoms. The van der Waals surface area contributed by atoms with Crippen LogP contribution in [0.15, 0.2) is 36.4 Å². The number of anilines is 1. The fourth-order valence-electron chi connectivity index (χ4n) is 2.92. The van der Waals surface area contributed by atoms with Crippen molar-refractivity contribution in [3.63, 3.8) is 0 Å². The van der Waals surface area contributed by atoms with Gasteiger partial charge in [-0.3, -0.25) is 9.59 Å². The second-order valence-corrected chi connectivity index (χ2v) is 5.78. The average molecular weight is 330 g/mol. The van der Waals surface area contributed by atoms with Gasteiger partial charge in [-0.15, -0.1) is 0 Å². The van der Waals surface area contributed by atoms with Crippen molar-refractivity contribution < 1.29 is 18.4 Å². The van der Waals surface area contributed by atoms with Crippen LogP contribution in [-0.2, 0) is 11.2 Å². The SMILES string of the molecule is CC(=O)Nc1cc(C(=O)N[C@@H]2CCc3ccc(F)cc32)ccc1F. The van der Waals surface area contributed by atoms with E-state index in [0.717, 1.165) is 23.6 Å². The lowest BCUT2D eigenvalue weighted by atomic mass is 10.1. The summed E-state index contributed by atoms with van der Waals surface area (Å²) in [5, 5.41) is 5.18. The molecule has 0 saturated heterocycles. The molecule has 0 unspecified atom stereocenters. The second-order valence-electron chi connectivity index (χ2n) is 5.78. The van der Waals surface area contributed by atoms with Crippen LogP contribution >= 0.6 is 0 Å². The molecule has 0 spiro atoms. The highest BCUT2D eigenvalue weighted by Gasteiger charge is 2.25. The number of amides is 2. The zero-order chi connectivity index (χ0) is 17.3. The number of rotatable bonds is 3. The third-order valence-electron chi connectivity index (χ3n) is 4.03. The second kappa shape index (κ2) is 6.39. The Morgan fingerprint density at radius 2 is 1.92 bits per heavy atom. The summed E-state index contributed by atoms with van der Waals surface area (Å²) in [6.07, 6.45) is 1.45. The first-order valence-corrected chi connectivity index (χ1v) is 7.60. The van der Waals surface area contributed by atoms with Gasteiger partial charge in [0.25, 0.3) is 5.91 Å². The van der Waals surface area contributed by atoms with E-state index in [9.17, 15) is 18.4 Å². The quantitative estimate of drug-likeness (QED) is 0.907. The largest absolute Gasteiger partial charge is 0.345 e. The van der Waals surface area contributed by atoms with Crippen molar-refractivity contribution in [2.75, 3.05) is 5.32 Å². The van der Waals surface area contributed by atoms with Crippen LogP contribution in [0.4, 0.5) is 14.5 Å². The molecule has 0 fully saturated rings. The summed E-state index contributed by atoms with van der Waals surface area (Å²) in [6, 6.07) is 8.04. The minimum Gasteiger partial charge on any atom is -0.345 e. The molecule has 124 valence electrons. The van der Waals surface area contributed by atoms with Crippen molar-refractivity contribution in [2.24, 2.45) is 0 Å². The van der Waals surface area contributed by atoms with Crippen LogP contribution in [0.2, 0.25) is 0 Å². The summed E-state index contributed by atoms with van der Waals surface area (Å²) in [5.41, 5.74) is 1.96. The lowest BCUT2D eigenvalue weighted by Gasteiger charge is -2.15. The van der Waals surface area contributed by atoms with Crippen LogP contribution in [0.25, 0.3) is 0 Å². The maximum atomic E-state index is 13.7. The Labute approximate surface area is 137 Å². The summed E-state index contributed by atoms with van der Waals surface area (Å²) in [7, 11) is 0. The number of fused-ring (bicyclic) bond motifs is 1. The smallest absolute Gasteiger partial charge is 0.251 e. The monoisotopic (exact) mass is 330 g/mol. The Kier molecular flexibility index (Phi) is 4.29. The molecule has 1 atom stereocenters. The van der Waals surface area contributed by atoms with Crippen molar-refractivity contribution in [1.29, 1.82) is 0 Å². The zero-order valence-corrected chi connectivity index (χ0v) is 13.0. The standard InChI is InChI=1S/C18H16F2N2O2/c1-10(23)21-17-8-12(3-6-15(17)20)18(24)22-16-7-4-11-2-5-13(19)9-14(11)16/h2-3,5-6,8-9,16H,4,7H2,1H3,(H,21,23)(H,22,24)/t16-/m1/s1. The first-order valence-electron chi connectivity index (χ1n) is 7.60. The number of hydrogen-bond acceptors (Lipinski definition) is 2. The van der Waals surface area contributed by atoms with Crippen LogP contribution < -0.4 is 10.6 Å². The van der Waals surface area contributed by atoms with Crippen LogP contribution in [0.3, 0.4) is 0 Å². The van der Waals surface area contributed by atoms with E-state index in [0.29, 0.717) is 6.42 Å². The van der Waals surface area contributed by atoms with Gasteiger partial charge in [-0.05, 0) is 54.3 Å². The molecule has 0 radical (unpaired) electrons. The molecule has 6 heteroatoms. The Hall–Kier alpha value is -2.76. The Bertz CT molecular complexity index is 821. The molecule has 1 aliphatic rings. The van der Waals surface area contributed by atoms with Gasteiger partial charge in [0, 0.05) is 12.5 Å². The number of halogens is 2. The van der Waals surface area contributed by atoms with E-state index < -0.39 is 17.6 Å². The molecule has 0 heterocycles. The lowest BCUT2D eigenvalue weighted by Crippen LogP contribution is -2.27. The van der Waals surface area contributed by atoms with Crippen LogP contribution in [0.5, 0.6) is 0 Å². The molecule has 2 N–H and O–H groups in total. The van der Waals surface area contributed by atoms with Gasteiger partial charge >= 0.3 is 0 Å². The van der Waals surface area contributed by atoms with Crippen molar-refractivity contribution in [2.45, 2.75) is 25.8 Å². The minimum atomic E-state index is -0.616. The fourth-order valence-corrected chi connectivity index (χ4v) is 2.92. The molecule has 3 rings (SSSR count). The van der Waals surface area contributed by atoms with Crippen LogP contribution in [0, 0.1) is 11.6 Å². The summed E-state index contributed by atoms with van der Waals surface area (Å²) in [5.74, 6) is -1.78. The molecule has 1 aliphatic carbocycles. The Balaban J connectivity index is 1.79. The molecule has 2 aromatic rings. The number of nitrogens with one attached hydrogen (secondary N) is 2. The van der Waals surface area contributed by atoms with Gasteiger partial charge in [0.05, 0.1) is 11.7 Å². The summed E-state index contributed by atoms with van der Waals surface area (Å²) < 4.78 is 27.1. The summed E-state index contributed by atoms with van der Waals surface area (Å²) in [6.45, 7) is 1.26. The summed E-state index contributed by atoms with van der Waals surface area (Å²) >= 11 is 0. The number of carbonyl (C=O) groups is 2. The molecule has 0 aromatic heterocycles. The van der Waals surface area contributed by atoms with Gasteiger partial charge < -0.3 is 10.6 Å². The highest BCUT2D eigenvalue weighted by atomic mass is 19.1. The predicted octanol–water partition coefficient (Wildman–Crippen LogP) is 3.34. The topological polar surface area (TPSA) is 58.2 Å². The average Bonchev–Trinajstić information content (AvgIpc) is 2.91. The van der Waals surface area contributed by atoms with Gasteiger partial charge in [0.1, 0.15) is 11.6 Å². The normalized spacial score (nSPS) is 15.7.